The lowest BCUT2D eigenvalue weighted by atomic mass is 10.2. The highest BCUT2D eigenvalue weighted by Crippen LogP contribution is 2.34. The van der Waals surface area contributed by atoms with Crippen LogP contribution in [0.2, 0.25) is 0 Å². The molecule has 0 radical (unpaired) electrons. The zero-order valence-corrected chi connectivity index (χ0v) is 7.80. The first-order chi connectivity index (χ1) is 6.38. The summed E-state index contributed by atoms with van der Waals surface area (Å²) in [7, 11) is 0. The van der Waals surface area contributed by atoms with E-state index in [4.69, 9.17) is 16.9 Å². The van der Waals surface area contributed by atoms with Gasteiger partial charge in [0.05, 0.1) is 0 Å². The maximum atomic E-state index is 12.2. The van der Waals surface area contributed by atoms with E-state index in [1.807, 2.05) is 0 Å². The number of nitrogens with zero attached hydrogens (tertiary/aromatic N) is 2. The Balaban J connectivity index is 3.37. The van der Waals surface area contributed by atoms with Gasteiger partial charge in [0.25, 0.3) is 5.24 Å². The van der Waals surface area contributed by atoms with Gasteiger partial charge in [0.1, 0.15) is 16.5 Å². The van der Waals surface area contributed by atoms with Crippen molar-refractivity contribution in [2.24, 2.45) is 0 Å². The van der Waals surface area contributed by atoms with Crippen molar-refractivity contribution in [3.05, 3.63) is 16.1 Å². The first kappa shape index (κ1) is 10.9. The molecule has 74 valence electrons. The van der Waals surface area contributed by atoms with Crippen molar-refractivity contribution >= 4 is 28.4 Å². The van der Waals surface area contributed by atoms with Crippen LogP contribution in [0, 0.1) is 11.3 Å². The fraction of sp³-hybridized carbons (Fsp3) is 0.167. The topological polar surface area (TPSA) is 53.8 Å². The van der Waals surface area contributed by atoms with Gasteiger partial charge >= 0.3 is 6.18 Å². The first-order valence-corrected chi connectivity index (χ1v) is 4.20. The lowest BCUT2D eigenvalue weighted by molar-refractivity contribution is -0.140. The molecular formula is C6ClF3N2OS. The van der Waals surface area contributed by atoms with E-state index in [0.717, 1.165) is 0 Å². The lowest BCUT2D eigenvalue weighted by Gasteiger charge is -2.01. The maximum absolute atomic E-state index is 12.2. The van der Waals surface area contributed by atoms with Crippen LogP contribution in [0.5, 0.6) is 0 Å². The van der Waals surface area contributed by atoms with Gasteiger partial charge in [0, 0.05) is 0 Å². The van der Waals surface area contributed by atoms with Gasteiger partial charge in [-0.05, 0) is 23.1 Å². The third-order valence-electron chi connectivity index (χ3n) is 1.25. The Labute approximate surface area is 84.9 Å². The van der Waals surface area contributed by atoms with Gasteiger partial charge < -0.3 is 0 Å². The molecule has 1 aromatic rings. The van der Waals surface area contributed by atoms with Crippen LogP contribution in [-0.4, -0.2) is 9.62 Å². The van der Waals surface area contributed by atoms with Gasteiger partial charge in [-0.3, -0.25) is 4.79 Å². The summed E-state index contributed by atoms with van der Waals surface area (Å²) in [4.78, 5) is 10.1. The summed E-state index contributed by atoms with van der Waals surface area (Å²) < 4.78 is 39.4. The number of halogens is 4. The largest absolute Gasteiger partial charge is 0.435 e. The van der Waals surface area contributed by atoms with Crippen molar-refractivity contribution in [1.29, 1.82) is 5.26 Å². The average molecular weight is 241 g/mol. The minimum absolute atomic E-state index is 0.262. The molecule has 0 aliphatic rings. The molecule has 0 N–H and O–H groups in total. The quantitative estimate of drug-likeness (QED) is 0.709. The second-order valence-corrected chi connectivity index (χ2v) is 3.24. The Kier molecular flexibility index (Phi) is 2.78. The molecular weight excluding hydrogens is 241 g/mol. The standard InChI is InChI=1S/C6ClF3N2OS/c7-5(13)3-2(1-11)4(12-14-3)6(8,9)10. The zero-order chi connectivity index (χ0) is 10.9. The smallest absolute Gasteiger partial charge is 0.275 e. The molecule has 0 spiro atoms. The summed E-state index contributed by atoms with van der Waals surface area (Å²) >= 11 is 5.23. The fourth-order valence-electron chi connectivity index (χ4n) is 0.721. The molecule has 0 saturated carbocycles. The molecule has 0 aliphatic carbocycles. The molecule has 1 aromatic heterocycles. The minimum atomic E-state index is -4.74. The Bertz CT molecular complexity index is 420. The van der Waals surface area contributed by atoms with Crippen molar-refractivity contribution < 1.29 is 18.0 Å². The third-order valence-corrected chi connectivity index (χ3v) is 2.40. The highest BCUT2D eigenvalue weighted by Gasteiger charge is 2.39. The monoisotopic (exact) mass is 240 g/mol. The van der Waals surface area contributed by atoms with Crippen LogP contribution in [0.15, 0.2) is 0 Å². The van der Waals surface area contributed by atoms with Crippen molar-refractivity contribution in [2.75, 3.05) is 0 Å². The number of hydrogen-bond donors (Lipinski definition) is 0. The highest BCUT2D eigenvalue weighted by molar-refractivity contribution is 7.10. The molecule has 0 atom stereocenters. The minimum Gasteiger partial charge on any atom is -0.275 e. The SMILES string of the molecule is N#Cc1c(C(F)(F)F)nsc1C(=O)Cl. The Morgan fingerprint density at radius 1 is 1.57 bits per heavy atom. The summed E-state index contributed by atoms with van der Waals surface area (Å²) in [6.45, 7) is 0. The molecule has 0 aliphatic heterocycles. The molecule has 0 bridgehead atoms. The number of alkyl halides is 3. The van der Waals surface area contributed by atoms with Gasteiger partial charge in [-0.15, -0.1) is 0 Å². The van der Waals surface area contributed by atoms with Crippen LogP contribution in [0.25, 0.3) is 0 Å². The van der Waals surface area contributed by atoms with E-state index in [2.05, 4.69) is 4.37 Å². The van der Waals surface area contributed by atoms with E-state index < -0.39 is 27.6 Å². The van der Waals surface area contributed by atoms with Crippen molar-refractivity contribution in [3.8, 4) is 6.07 Å². The zero-order valence-electron chi connectivity index (χ0n) is 6.22. The molecule has 3 nitrogen and oxygen atoms in total. The van der Waals surface area contributed by atoms with E-state index in [1.165, 1.54) is 6.07 Å². The number of rotatable bonds is 1. The number of hydrogen-bond acceptors (Lipinski definition) is 4. The summed E-state index contributed by atoms with van der Waals surface area (Å²) in [6.07, 6.45) is -4.74. The lowest BCUT2D eigenvalue weighted by Crippen LogP contribution is -2.08. The Morgan fingerprint density at radius 2 is 2.14 bits per heavy atom. The van der Waals surface area contributed by atoms with E-state index in [-0.39, 0.29) is 11.5 Å². The molecule has 0 amide bonds. The van der Waals surface area contributed by atoms with Crippen molar-refractivity contribution in [3.63, 3.8) is 0 Å². The average Bonchev–Trinajstić information content (AvgIpc) is 2.45. The molecule has 0 fully saturated rings. The molecule has 0 unspecified atom stereocenters. The second-order valence-electron chi connectivity index (χ2n) is 2.12. The predicted octanol–water partition coefficient (Wildman–Crippen LogP) is 2.41. The number of carbonyl (C=O) groups is 1. The van der Waals surface area contributed by atoms with Crippen LogP contribution in [0.1, 0.15) is 20.9 Å². The Hall–Kier alpha value is -1.13. The van der Waals surface area contributed by atoms with Gasteiger partial charge in [-0.25, -0.2) is 0 Å². The third kappa shape index (κ3) is 1.86. The number of nitriles is 1. The van der Waals surface area contributed by atoms with Gasteiger partial charge in [-0.2, -0.15) is 22.8 Å². The molecule has 1 rings (SSSR count). The summed E-state index contributed by atoms with van der Waals surface area (Å²) in [6, 6.07) is 1.25. The molecule has 14 heavy (non-hydrogen) atoms. The van der Waals surface area contributed by atoms with Crippen LogP contribution in [0.4, 0.5) is 13.2 Å². The first-order valence-electron chi connectivity index (χ1n) is 3.04. The normalized spacial score (nSPS) is 11.1. The Morgan fingerprint density at radius 3 is 2.50 bits per heavy atom. The molecule has 0 saturated heterocycles. The fourth-order valence-corrected chi connectivity index (χ4v) is 1.60. The summed E-state index contributed by atoms with van der Waals surface area (Å²) in [5.74, 6) is 0. The maximum Gasteiger partial charge on any atom is 0.435 e. The van der Waals surface area contributed by atoms with Crippen LogP contribution in [0.3, 0.4) is 0 Å². The van der Waals surface area contributed by atoms with E-state index >= 15 is 0 Å². The molecule has 0 aromatic carbocycles. The van der Waals surface area contributed by atoms with Gasteiger partial charge in [0.2, 0.25) is 0 Å². The summed E-state index contributed by atoms with van der Waals surface area (Å²) in [5.41, 5.74) is -2.18. The summed E-state index contributed by atoms with van der Waals surface area (Å²) in [5, 5.41) is 7.29. The van der Waals surface area contributed by atoms with E-state index in [1.54, 1.807) is 0 Å². The number of carbonyl (C=O) groups excluding carboxylic acids is 1. The van der Waals surface area contributed by atoms with Crippen molar-refractivity contribution in [2.45, 2.75) is 6.18 Å². The molecule has 8 heteroatoms. The van der Waals surface area contributed by atoms with E-state index in [0.29, 0.717) is 0 Å². The van der Waals surface area contributed by atoms with Crippen LogP contribution >= 0.6 is 23.1 Å². The van der Waals surface area contributed by atoms with Gasteiger partial charge in [-0.1, -0.05) is 0 Å². The second kappa shape index (κ2) is 3.55. The highest BCUT2D eigenvalue weighted by atomic mass is 35.5. The predicted molar refractivity (Wildman–Crippen MR) is 42.0 cm³/mol. The van der Waals surface area contributed by atoms with Crippen molar-refractivity contribution in [1.82, 2.24) is 4.37 Å². The van der Waals surface area contributed by atoms with Crippen LogP contribution < -0.4 is 0 Å². The van der Waals surface area contributed by atoms with Gasteiger partial charge in [0.15, 0.2) is 5.69 Å². The van der Waals surface area contributed by atoms with Crippen LogP contribution in [-0.2, 0) is 6.18 Å². The van der Waals surface area contributed by atoms with E-state index in [9.17, 15) is 18.0 Å². The number of aromatic nitrogens is 1. The molecule has 1 heterocycles.